The van der Waals surface area contributed by atoms with Gasteiger partial charge >= 0.3 is 0 Å². The van der Waals surface area contributed by atoms with Gasteiger partial charge in [0.15, 0.2) is 0 Å². The third kappa shape index (κ3) is 3.95. The van der Waals surface area contributed by atoms with Gasteiger partial charge in [0.1, 0.15) is 9.92 Å². The summed E-state index contributed by atoms with van der Waals surface area (Å²) in [6, 6.07) is 2.50. The molecule has 7 nitrogen and oxygen atoms in total. The summed E-state index contributed by atoms with van der Waals surface area (Å²) in [5.41, 5.74) is 0.101. The maximum absolute atomic E-state index is 12.9. The minimum atomic E-state index is -3.86. The molecule has 0 radical (unpaired) electrons. The van der Waals surface area contributed by atoms with Crippen molar-refractivity contribution in [3.8, 4) is 0 Å². The highest BCUT2D eigenvalue weighted by molar-refractivity contribution is 7.89. The van der Waals surface area contributed by atoms with Gasteiger partial charge in [-0.25, -0.2) is 8.42 Å². The Morgan fingerprint density at radius 2 is 2.13 bits per heavy atom. The van der Waals surface area contributed by atoms with Gasteiger partial charge in [-0.1, -0.05) is 11.6 Å². The molecule has 23 heavy (non-hydrogen) atoms. The van der Waals surface area contributed by atoms with Crippen LogP contribution in [0.15, 0.2) is 17.0 Å². The molecule has 0 aliphatic carbocycles. The third-order valence-electron chi connectivity index (χ3n) is 3.71. The molecule has 0 spiro atoms. The summed E-state index contributed by atoms with van der Waals surface area (Å²) in [6.07, 6.45) is 1.52. The van der Waals surface area contributed by atoms with Crippen molar-refractivity contribution in [2.24, 2.45) is 0 Å². The Morgan fingerprint density at radius 3 is 2.70 bits per heavy atom. The van der Waals surface area contributed by atoms with E-state index in [4.69, 9.17) is 11.6 Å². The molecule has 1 heterocycles. The largest absolute Gasteiger partial charge is 0.318 e. The van der Waals surface area contributed by atoms with Crippen LogP contribution in [0.1, 0.15) is 18.4 Å². The molecule has 0 aromatic heterocycles. The lowest BCUT2D eigenvalue weighted by atomic mass is 10.2. The number of nitro benzene ring substituents is 1. The summed E-state index contributed by atoms with van der Waals surface area (Å²) in [7, 11) is -2.10. The van der Waals surface area contributed by atoms with E-state index in [0.29, 0.717) is 18.7 Å². The molecule has 10 heteroatoms. The van der Waals surface area contributed by atoms with Crippen molar-refractivity contribution in [2.75, 3.05) is 20.1 Å². The first kappa shape index (κ1) is 20.1. The molecule has 1 unspecified atom stereocenters. The van der Waals surface area contributed by atoms with Gasteiger partial charge in [-0.2, -0.15) is 4.31 Å². The minimum Gasteiger partial charge on any atom is -0.318 e. The number of sulfonamides is 1. The minimum absolute atomic E-state index is 0. The summed E-state index contributed by atoms with van der Waals surface area (Å²) in [6.45, 7) is 2.54. The second-order valence-corrected chi connectivity index (χ2v) is 7.56. The number of hydrogen-bond acceptors (Lipinski definition) is 5. The molecular formula is C13H19Cl2N3O4S. The van der Waals surface area contributed by atoms with Gasteiger partial charge in [-0.05, 0) is 38.4 Å². The predicted octanol–water partition coefficient (Wildman–Crippen LogP) is 2.35. The maximum Gasteiger partial charge on any atom is 0.289 e. The lowest BCUT2D eigenvalue weighted by Gasteiger charge is -2.24. The van der Waals surface area contributed by atoms with Crippen molar-refractivity contribution in [3.05, 3.63) is 32.8 Å². The SMILES string of the molecule is CNCC1CCCN1S(=O)(=O)c1cc(C)cc([N+](=O)[O-])c1Cl.Cl. The first-order valence-corrected chi connectivity index (χ1v) is 8.71. The molecule has 0 saturated carbocycles. The summed E-state index contributed by atoms with van der Waals surface area (Å²) < 4.78 is 27.1. The lowest BCUT2D eigenvalue weighted by Crippen LogP contribution is -2.40. The van der Waals surface area contributed by atoms with Crippen molar-refractivity contribution in [1.29, 1.82) is 0 Å². The van der Waals surface area contributed by atoms with Crippen LogP contribution in [0.2, 0.25) is 5.02 Å². The topological polar surface area (TPSA) is 92.6 Å². The van der Waals surface area contributed by atoms with Crippen LogP contribution >= 0.6 is 24.0 Å². The van der Waals surface area contributed by atoms with Gasteiger partial charge in [0.05, 0.1) is 4.92 Å². The molecule has 1 saturated heterocycles. The van der Waals surface area contributed by atoms with E-state index >= 15 is 0 Å². The highest BCUT2D eigenvalue weighted by Crippen LogP contribution is 2.36. The molecule has 1 aliphatic rings. The molecule has 1 aliphatic heterocycles. The van der Waals surface area contributed by atoms with Gasteiger partial charge in [0, 0.05) is 25.2 Å². The van der Waals surface area contributed by atoms with Crippen LogP contribution < -0.4 is 5.32 Å². The molecule has 1 aromatic rings. The number of nitro groups is 1. The van der Waals surface area contributed by atoms with Crippen LogP contribution in [-0.2, 0) is 10.0 Å². The molecule has 1 N–H and O–H groups in total. The number of hydrogen-bond donors (Lipinski definition) is 1. The molecule has 1 atom stereocenters. The summed E-state index contributed by atoms with van der Waals surface area (Å²) in [5, 5.41) is 13.7. The summed E-state index contributed by atoms with van der Waals surface area (Å²) >= 11 is 6.00. The Morgan fingerprint density at radius 1 is 1.48 bits per heavy atom. The number of benzene rings is 1. The van der Waals surface area contributed by atoms with Gasteiger partial charge < -0.3 is 5.32 Å². The lowest BCUT2D eigenvalue weighted by molar-refractivity contribution is -0.385. The van der Waals surface area contributed by atoms with Crippen molar-refractivity contribution in [2.45, 2.75) is 30.7 Å². The van der Waals surface area contributed by atoms with Crippen LogP contribution in [0.4, 0.5) is 5.69 Å². The Bertz CT molecular complexity index is 697. The number of rotatable bonds is 5. The van der Waals surface area contributed by atoms with E-state index in [2.05, 4.69) is 5.32 Å². The van der Waals surface area contributed by atoms with E-state index in [0.717, 1.165) is 12.8 Å². The van der Waals surface area contributed by atoms with Crippen molar-refractivity contribution in [3.63, 3.8) is 0 Å². The van der Waals surface area contributed by atoms with E-state index in [9.17, 15) is 18.5 Å². The standard InChI is InChI=1S/C13H18ClN3O4S.ClH/c1-9-6-11(17(18)19)13(14)12(7-9)22(20,21)16-5-3-4-10(16)8-15-2;/h6-7,10,15H,3-5,8H2,1-2H3;1H. The van der Waals surface area contributed by atoms with E-state index < -0.39 is 14.9 Å². The summed E-state index contributed by atoms with van der Waals surface area (Å²) in [4.78, 5) is 10.2. The van der Waals surface area contributed by atoms with Crippen LogP contribution in [0, 0.1) is 17.0 Å². The molecular weight excluding hydrogens is 365 g/mol. The summed E-state index contributed by atoms with van der Waals surface area (Å²) in [5.74, 6) is 0. The van der Waals surface area contributed by atoms with Crippen LogP contribution in [0.5, 0.6) is 0 Å². The third-order valence-corrected chi connectivity index (χ3v) is 6.20. The number of halogens is 2. The molecule has 0 bridgehead atoms. The molecule has 1 fully saturated rings. The molecule has 2 rings (SSSR count). The highest BCUT2D eigenvalue weighted by Gasteiger charge is 2.37. The second kappa shape index (κ2) is 7.76. The Kier molecular flexibility index (Phi) is 6.79. The van der Waals surface area contributed by atoms with Gasteiger partial charge in [-0.15, -0.1) is 12.4 Å². The van der Waals surface area contributed by atoms with Crippen LogP contribution in [-0.4, -0.2) is 43.8 Å². The fraction of sp³-hybridized carbons (Fsp3) is 0.538. The zero-order valence-electron chi connectivity index (χ0n) is 12.8. The number of aryl methyl sites for hydroxylation is 1. The Balaban J connectivity index is 0.00000264. The first-order chi connectivity index (χ1) is 10.3. The number of nitrogens with zero attached hydrogens (tertiary/aromatic N) is 2. The Labute approximate surface area is 146 Å². The van der Waals surface area contributed by atoms with E-state index in [1.807, 2.05) is 0 Å². The number of likely N-dealkylation sites (N-methyl/N-ethyl adjacent to an activating group) is 1. The zero-order valence-corrected chi connectivity index (χ0v) is 15.2. The Hall–Kier alpha value is -0.930. The van der Waals surface area contributed by atoms with Crippen LogP contribution in [0.3, 0.4) is 0 Å². The quantitative estimate of drug-likeness (QED) is 0.622. The smallest absolute Gasteiger partial charge is 0.289 e. The van der Waals surface area contributed by atoms with Crippen molar-refractivity contribution in [1.82, 2.24) is 9.62 Å². The zero-order chi connectivity index (χ0) is 16.5. The maximum atomic E-state index is 12.9. The van der Waals surface area contributed by atoms with Crippen LogP contribution in [0.25, 0.3) is 0 Å². The van der Waals surface area contributed by atoms with Gasteiger partial charge in [-0.3, -0.25) is 10.1 Å². The monoisotopic (exact) mass is 383 g/mol. The van der Waals surface area contributed by atoms with Gasteiger partial charge in [0.25, 0.3) is 5.69 Å². The van der Waals surface area contributed by atoms with E-state index in [-0.39, 0.29) is 34.1 Å². The molecule has 1 aromatic carbocycles. The fourth-order valence-corrected chi connectivity index (χ4v) is 5.06. The van der Waals surface area contributed by atoms with Crippen molar-refractivity contribution >= 4 is 39.7 Å². The molecule has 130 valence electrons. The molecule has 0 amide bonds. The average molecular weight is 384 g/mol. The van der Waals surface area contributed by atoms with Crippen molar-refractivity contribution < 1.29 is 13.3 Å². The van der Waals surface area contributed by atoms with E-state index in [1.54, 1.807) is 14.0 Å². The first-order valence-electron chi connectivity index (χ1n) is 6.90. The highest BCUT2D eigenvalue weighted by atomic mass is 35.5. The second-order valence-electron chi connectivity index (χ2n) is 5.32. The van der Waals surface area contributed by atoms with E-state index in [1.165, 1.54) is 16.4 Å². The predicted molar refractivity (Wildman–Crippen MR) is 90.9 cm³/mol. The van der Waals surface area contributed by atoms with Gasteiger partial charge in [0.2, 0.25) is 10.0 Å². The average Bonchev–Trinajstić information content (AvgIpc) is 2.90. The normalized spacial score (nSPS) is 18.7. The fourth-order valence-electron chi connectivity index (χ4n) is 2.73. The number of nitrogens with one attached hydrogen (secondary N) is 1.